The Labute approximate surface area is 146 Å². The van der Waals surface area contributed by atoms with Crippen LogP contribution in [0.25, 0.3) is 10.9 Å². The van der Waals surface area contributed by atoms with Crippen molar-refractivity contribution in [2.45, 2.75) is 50.8 Å². The number of ether oxygens (including phenoxy) is 1. The van der Waals surface area contributed by atoms with Crippen LogP contribution in [0.2, 0.25) is 0 Å². The number of aromatic amines is 1. The van der Waals surface area contributed by atoms with E-state index in [0.717, 1.165) is 35.9 Å². The third-order valence-electron chi connectivity index (χ3n) is 5.32. The Morgan fingerprint density at radius 2 is 2.20 bits per heavy atom. The van der Waals surface area contributed by atoms with Gasteiger partial charge in [-0.25, -0.2) is 9.18 Å². The van der Waals surface area contributed by atoms with E-state index >= 15 is 0 Å². The third-order valence-corrected chi connectivity index (χ3v) is 5.32. The highest BCUT2D eigenvalue weighted by Gasteiger charge is 2.56. The average Bonchev–Trinajstić information content (AvgIpc) is 3.15. The van der Waals surface area contributed by atoms with Crippen LogP contribution in [-0.2, 0) is 10.3 Å². The van der Waals surface area contributed by atoms with Gasteiger partial charge in [-0.15, -0.1) is 0 Å². The van der Waals surface area contributed by atoms with Crippen molar-refractivity contribution in [2.75, 3.05) is 13.1 Å². The molecule has 0 radical (unpaired) electrons. The SMILES string of the molecule is CC(C)(C)OC(=O)N1CC[C@H]2NCC[C@@]21c1c[nH]c2cc(F)ccc12. The van der Waals surface area contributed by atoms with Crippen LogP contribution < -0.4 is 5.32 Å². The van der Waals surface area contributed by atoms with Crippen molar-refractivity contribution in [2.24, 2.45) is 0 Å². The van der Waals surface area contributed by atoms with E-state index in [-0.39, 0.29) is 18.0 Å². The van der Waals surface area contributed by atoms with Crippen LogP contribution >= 0.6 is 0 Å². The molecule has 0 saturated carbocycles. The van der Waals surface area contributed by atoms with Gasteiger partial charge in [0.2, 0.25) is 0 Å². The molecule has 2 N–H and O–H groups in total. The van der Waals surface area contributed by atoms with Crippen molar-refractivity contribution in [1.82, 2.24) is 15.2 Å². The Hall–Kier alpha value is -2.08. The van der Waals surface area contributed by atoms with Crippen LogP contribution in [0.15, 0.2) is 24.4 Å². The smallest absolute Gasteiger partial charge is 0.411 e. The van der Waals surface area contributed by atoms with Gasteiger partial charge >= 0.3 is 6.09 Å². The lowest BCUT2D eigenvalue weighted by Crippen LogP contribution is -2.50. The van der Waals surface area contributed by atoms with Gasteiger partial charge in [-0.05, 0) is 58.4 Å². The third kappa shape index (κ3) is 2.51. The predicted molar refractivity (Wildman–Crippen MR) is 93.9 cm³/mol. The minimum absolute atomic E-state index is 0.184. The molecular weight excluding hydrogens is 321 g/mol. The minimum atomic E-state index is -0.536. The quantitative estimate of drug-likeness (QED) is 0.832. The molecule has 5 nitrogen and oxygen atoms in total. The van der Waals surface area contributed by atoms with Crippen LogP contribution in [-0.4, -0.2) is 40.7 Å². The summed E-state index contributed by atoms with van der Waals surface area (Å²) in [6.07, 6.45) is 3.34. The molecule has 1 amide bonds. The van der Waals surface area contributed by atoms with Gasteiger partial charge in [-0.1, -0.05) is 0 Å². The summed E-state index contributed by atoms with van der Waals surface area (Å²) < 4.78 is 19.2. The Bertz CT molecular complexity index is 826. The fourth-order valence-electron chi connectivity index (χ4n) is 4.40. The van der Waals surface area contributed by atoms with E-state index in [2.05, 4.69) is 10.3 Å². The molecule has 1 aromatic carbocycles. The Balaban J connectivity index is 1.81. The van der Waals surface area contributed by atoms with E-state index in [1.165, 1.54) is 12.1 Å². The summed E-state index contributed by atoms with van der Waals surface area (Å²) in [7, 11) is 0. The van der Waals surface area contributed by atoms with Crippen LogP contribution in [0, 0.1) is 5.82 Å². The number of rotatable bonds is 1. The molecule has 0 bridgehead atoms. The van der Waals surface area contributed by atoms with Crippen molar-refractivity contribution < 1.29 is 13.9 Å². The lowest BCUT2D eigenvalue weighted by molar-refractivity contribution is 0.00707. The number of fused-ring (bicyclic) bond motifs is 2. The average molecular weight is 345 g/mol. The lowest BCUT2D eigenvalue weighted by Gasteiger charge is -2.38. The number of H-pyrrole nitrogens is 1. The van der Waals surface area contributed by atoms with Gasteiger partial charge in [-0.3, -0.25) is 4.90 Å². The van der Waals surface area contributed by atoms with Gasteiger partial charge in [0.25, 0.3) is 0 Å². The van der Waals surface area contributed by atoms with Gasteiger partial charge in [0.15, 0.2) is 0 Å². The zero-order valence-corrected chi connectivity index (χ0v) is 14.9. The maximum absolute atomic E-state index is 13.6. The fourth-order valence-corrected chi connectivity index (χ4v) is 4.40. The highest BCUT2D eigenvalue weighted by Crippen LogP contribution is 2.47. The number of benzene rings is 1. The first-order valence-corrected chi connectivity index (χ1v) is 8.82. The number of hydrogen-bond acceptors (Lipinski definition) is 3. The Kier molecular flexibility index (Phi) is 3.58. The molecular formula is C19H24FN3O2. The van der Waals surface area contributed by atoms with Gasteiger partial charge in [0.1, 0.15) is 11.4 Å². The molecule has 0 aliphatic carbocycles. The van der Waals surface area contributed by atoms with E-state index in [4.69, 9.17) is 4.74 Å². The fraction of sp³-hybridized carbons (Fsp3) is 0.526. The topological polar surface area (TPSA) is 57.4 Å². The van der Waals surface area contributed by atoms with Gasteiger partial charge in [0, 0.05) is 35.2 Å². The number of carbonyl (C=O) groups is 1. The zero-order valence-electron chi connectivity index (χ0n) is 14.9. The molecule has 6 heteroatoms. The van der Waals surface area contributed by atoms with Crippen LogP contribution in [0.3, 0.4) is 0 Å². The van der Waals surface area contributed by atoms with Crippen LogP contribution in [0.1, 0.15) is 39.2 Å². The van der Waals surface area contributed by atoms with E-state index in [0.29, 0.717) is 6.54 Å². The number of halogens is 1. The first-order valence-electron chi connectivity index (χ1n) is 8.82. The van der Waals surface area contributed by atoms with Gasteiger partial charge in [-0.2, -0.15) is 0 Å². The van der Waals surface area contributed by atoms with Crippen molar-refractivity contribution in [3.8, 4) is 0 Å². The maximum Gasteiger partial charge on any atom is 0.411 e. The molecule has 3 heterocycles. The predicted octanol–water partition coefficient (Wildman–Crippen LogP) is 3.51. The monoisotopic (exact) mass is 345 g/mol. The van der Waals surface area contributed by atoms with E-state index in [9.17, 15) is 9.18 Å². The van der Waals surface area contributed by atoms with Gasteiger partial charge in [0.05, 0.1) is 5.54 Å². The van der Waals surface area contributed by atoms with Crippen LogP contribution in [0.4, 0.5) is 9.18 Å². The normalized spacial score (nSPS) is 26.2. The van der Waals surface area contributed by atoms with Crippen molar-refractivity contribution in [3.05, 3.63) is 35.8 Å². The highest BCUT2D eigenvalue weighted by atomic mass is 19.1. The highest BCUT2D eigenvalue weighted by molar-refractivity contribution is 5.85. The number of nitrogens with one attached hydrogen (secondary N) is 2. The standard InChI is InChI=1S/C19H24FN3O2/c1-18(2,3)25-17(24)23-9-6-16-19(23,7-8-21-16)14-11-22-15-10-12(20)4-5-13(14)15/h4-5,10-11,16,21-22H,6-9H2,1-3H3/t16-,19-/m1/s1. The van der Waals surface area contributed by atoms with Crippen LogP contribution in [0.5, 0.6) is 0 Å². The summed E-state index contributed by atoms with van der Waals surface area (Å²) in [6, 6.07) is 4.95. The summed E-state index contributed by atoms with van der Waals surface area (Å²) in [5.41, 5.74) is 0.816. The van der Waals surface area contributed by atoms with E-state index in [1.807, 2.05) is 31.9 Å². The number of nitrogens with zero attached hydrogens (tertiary/aromatic N) is 1. The zero-order chi connectivity index (χ0) is 17.8. The summed E-state index contributed by atoms with van der Waals surface area (Å²) >= 11 is 0. The lowest BCUT2D eigenvalue weighted by atomic mass is 9.83. The minimum Gasteiger partial charge on any atom is -0.444 e. The summed E-state index contributed by atoms with van der Waals surface area (Å²) in [5.74, 6) is -0.269. The second-order valence-corrected chi connectivity index (χ2v) is 7.99. The number of hydrogen-bond donors (Lipinski definition) is 2. The van der Waals surface area contributed by atoms with Crippen molar-refractivity contribution in [1.29, 1.82) is 0 Å². The Morgan fingerprint density at radius 3 is 2.96 bits per heavy atom. The molecule has 25 heavy (non-hydrogen) atoms. The summed E-state index contributed by atoms with van der Waals surface area (Å²) in [6.45, 7) is 7.14. The number of aromatic nitrogens is 1. The molecule has 2 aromatic rings. The molecule has 2 saturated heterocycles. The number of carbonyl (C=O) groups excluding carboxylic acids is 1. The molecule has 4 rings (SSSR count). The molecule has 0 spiro atoms. The molecule has 2 atom stereocenters. The first kappa shape index (κ1) is 16.4. The summed E-state index contributed by atoms with van der Waals surface area (Å²) in [4.78, 5) is 17.9. The van der Waals surface area contributed by atoms with E-state index < -0.39 is 11.1 Å². The van der Waals surface area contributed by atoms with Crippen molar-refractivity contribution >= 4 is 17.0 Å². The summed E-state index contributed by atoms with van der Waals surface area (Å²) in [5, 5.41) is 4.50. The van der Waals surface area contributed by atoms with Crippen molar-refractivity contribution in [3.63, 3.8) is 0 Å². The van der Waals surface area contributed by atoms with Gasteiger partial charge < -0.3 is 15.0 Å². The molecule has 2 aliphatic heterocycles. The second kappa shape index (κ2) is 5.46. The molecule has 2 fully saturated rings. The maximum atomic E-state index is 13.6. The second-order valence-electron chi connectivity index (χ2n) is 7.99. The molecule has 1 aromatic heterocycles. The molecule has 134 valence electrons. The largest absolute Gasteiger partial charge is 0.444 e. The molecule has 0 unspecified atom stereocenters. The van der Waals surface area contributed by atoms with E-state index in [1.54, 1.807) is 6.07 Å². The molecule has 2 aliphatic rings. The first-order chi connectivity index (χ1) is 11.8. The number of amides is 1. The Morgan fingerprint density at radius 1 is 1.40 bits per heavy atom. The number of likely N-dealkylation sites (tertiary alicyclic amines) is 1.